The third kappa shape index (κ3) is 3.89. The van der Waals surface area contributed by atoms with Gasteiger partial charge in [-0.1, -0.05) is 37.3 Å². The molecule has 9 nitrogen and oxygen atoms in total. The van der Waals surface area contributed by atoms with Crippen LogP contribution in [0.15, 0.2) is 53.9 Å². The van der Waals surface area contributed by atoms with Crippen molar-refractivity contribution in [1.82, 2.24) is 20.7 Å². The van der Waals surface area contributed by atoms with E-state index in [1.54, 1.807) is 61.9 Å². The number of aromatic nitrogens is 1. The van der Waals surface area contributed by atoms with Crippen LogP contribution in [-0.4, -0.2) is 42.1 Å². The van der Waals surface area contributed by atoms with Gasteiger partial charge in [0.05, 0.1) is 14.2 Å². The van der Waals surface area contributed by atoms with Crippen molar-refractivity contribution in [3.8, 4) is 22.1 Å². The number of ether oxygens (including phenoxy) is 2. The summed E-state index contributed by atoms with van der Waals surface area (Å²) < 4.78 is 10.6. The van der Waals surface area contributed by atoms with Gasteiger partial charge in [0.15, 0.2) is 11.5 Å². The Bertz CT molecular complexity index is 1210. The molecule has 0 radical (unpaired) electrons. The van der Waals surface area contributed by atoms with Crippen LogP contribution in [0.2, 0.25) is 0 Å². The fourth-order valence-electron chi connectivity index (χ4n) is 3.68. The fourth-order valence-corrected chi connectivity index (χ4v) is 4.47. The van der Waals surface area contributed by atoms with E-state index in [-0.39, 0.29) is 5.69 Å². The minimum atomic E-state index is -1.24. The first-order valence-electron chi connectivity index (χ1n) is 10.1. The van der Waals surface area contributed by atoms with Crippen LogP contribution in [0, 0.1) is 0 Å². The second-order valence-electron chi connectivity index (χ2n) is 7.24. The number of amides is 4. The molecule has 2 aromatic carbocycles. The van der Waals surface area contributed by atoms with Crippen molar-refractivity contribution >= 4 is 29.2 Å². The number of urea groups is 1. The Morgan fingerprint density at radius 3 is 2.52 bits per heavy atom. The van der Waals surface area contributed by atoms with Crippen LogP contribution in [0.1, 0.15) is 29.4 Å². The van der Waals surface area contributed by atoms with Gasteiger partial charge in [0, 0.05) is 10.9 Å². The molecule has 0 saturated carbocycles. The van der Waals surface area contributed by atoms with Crippen LogP contribution >= 0.6 is 11.3 Å². The largest absolute Gasteiger partial charge is 0.493 e. The van der Waals surface area contributed by atoms with Crippen molar-refractivity contribution in [3.05, 3.63) is 65.2 Å². The first-order chi connectivity index (χ1) is 15.9. The number of rotatable bonds is 7. The average molecular weight is 467 g/mol. The van der Waals surface area contributed by atoms with E-state index >= 15 is 0 Å². The highest BCUT2D eigenvalue weighted by Crippen LogP contribution is 2.34. The second kappa shape index (κ2) is 8.91. The van der Waals surface area contributed by atoms with E-state index in [0.717, 1.165) is 5.56 Å². The van der Waals surface area contributed by atoms with Gasteiger partial charge in [0.1, 0.15) is 16.2 Å². The lowest BCUT2D eigenvalue weighted by molar-refractivity contribution is -0.133. The molecule has 3 aromatic rings. The molecule has 0 aliphatic carbocycles. The summed E-state index contributed by atoms with van der Waals surface area (Å²) in [6, 6.07) is 13.5. The topological polar surface area (TPSA) is 110 Å². The maximum atomic E-state index is 13.2. The van der Waals surface area contributed by atoms with Crippen LogP contribution in [0.3, 0.4) is 0 Å². The molecule has 4 amide bonds. The van der Waals surface area contributed by atoms with Gasteiger partial charge in [-0.3, -0.25) is 15.0 Å². The summed E-state index contributed by atoms with van der Waals surface area (Å²) in [5.41, 5.74) is 2.62. The molecule has 10 heteroatoms. The Kier molecular flexibility index (Phi) is 6.01. The van der Waals surface area contributed by atoms with E-state index in [2.05, 4.69) is 15.7 Å². The van der Waals surface area contributed by atoms with Gasteiger partial charge >= 0.3 is 6.03 Å². The molecule has 0 spiro atoms. The number of carbonyl (C=O) groups is 3. The monoisotopic (exact) mass is 466 g/mol. The maximum Gasteiger partial charge on any atom is 0.344 e. The molecule has 1 fully saturated rings. The average Bonchev–Trinajstić information content (AvgIpc) is 3.44. The molecule has 2 N–H and O–H groups in total. The number of nitrogens with zero attached hydrogens (tertiary/aromatic N) is 2. The molecule has 2 heterocycles. The van der Waals surface area contributed by atoms with Crippen LogP contribution in [-0.2, 0) is 10.3 Å². The second-order valence-corrected chi connectivity index (χ2v) is 8.10. The molecule has 1 aromatic heterocycles. The summed E-state index contributed by atoms with van der Waals surface area (Å²) in [6.07, 6.45) is 0.327. The summed E-state index contributed by atoms with van der Waals surface area (Å²) in [6.45, 7) is 1.80. The van der Waals surface area contributed by atoms with Gasteiger partial charge < -0.3 is 14.8 Å². The minimum Gasteiger partial charge on any atom is -0.493 e. The van der Waals surface area contributed by atoms with Crippen molar-refractivity contribution < 1.29 is 23.9 Å². The Hall–Kier alpha value is -3.92. The van der Waals surface area contributed by atoms with Gasteiger partial charge in [-0.25, -0.2) is 9.78 Å². The number of hydrazine groups is 1. The number of hydrogen-bond donors (Lipinski definition) is 2. The number of hydrogen-bond acceptors (Lipinski definition) is 7. The smallest absolute Gasteiger partial charge is 0.344 e. The van der Waals surface area contributed by atoms with E-state index in [1.807, 2.05) is 6.07 Å². The summed E-state index contributed by atoms with van der Waals surface area (Å²) in [5.74, 6) is -0.106. The number of nitrogens with one attached hydrogen (secondary N) is 2. The van der Waals surface area contributed by atoms with Crippen molar-refractivity contribution in [3.63, 3.8) is 0 Å². The molecule has 4 rings (SSSR count). The molecule has 170 valence electrons. The molecule has 0 bridgehead atoms. The molecule has 1 aliphatic heterocycles. The zero-order valence-electron chi connectivity index (χ0n) is 18.2. The van der Waals surface area contributed by atoms with Crippen molar-refractivity contribution in [2.24, 2.45) is 0 Å². The molecule has 1 unspecified atom stereocenters. The number of methoxy groups -OCH3 is 2. The van der Waals surface area contributed by atoms with Crippen LogP contribution in [0.4, 0.5) is 4.79 Å². The molecule has 1 aliphatic rings. The van der Waals surface area contributed by atoms with E-state index in [4.69, 9.17) is 9.47 Å². The van der Waals surface area contributed by atoms with Gasteiger partial charge in [0.25, 0.3) is 11.8 Å². The quantitative estimate of drug-likeness (QED) is 0.517. The number of thiazole rings is 1. The van der Waals surface area contributed by atoms with Crippen molar-refractivity contribution in [2.75, 3.05) is 14.2 Å². The molecular weight excluding hydrogens is 444 g/mol. The summed E-state index contributed by atoms with van der Waals surface area (Å²) in [4.78, 5) is 42.9. The molecule has 1 saturated heterocycles. The Morgan fingerprint density at radius 2 is 1.85 bits per heavy atom. The van der Waals surface area contributed by atoms with Gasteiger partial charge in [-0.2, -0.15) is 5.01 Å². The molecule has 1 atom stereocenters. The van der Waals surface area contributed by atoms with Gasteiger partial charge in [0.2, 0.25) is 0 Å². The van der Waals surface area contributed by atoms with Crippen LogP contribution in [0.25, 0.3) is 10.6 Å². The van der Waals surface area contributed by atoms with Crippen LogP contribution < -0.4 is 20.2 Å². The van der Waals surface area contributed by atoms with Crippen LogP contribution in [0.5, 0.6) is 11.5 Å². The number of imide groups is 1. The van der Waals surface area contributed by atoms with Gasteiger partial charge in [-0.15, -0.1) is 11.3 Å². The maximum absolute atomic E-state index is 13.2. The lowest BCUT2D eigenvalue weighted by Gasteiger charge is -2.25. The highest BCUT2D eigenvalue weighted by molar-refractivity contribution is 7.13. The summed E-state index contributed by atoms with van der Waals surface area (Å²) in [7, 11) is 3.08. The van der Waals surface area contributed by atoms with E-state index in [9.17, 15) is 14.4 Å². The number of carbonyl (C=O) groups excluding carboxylic acids is 3. The molecule has 33 heavy (non-hydrogen) atoms. The SMILES string of the molecule is CCC1(c2ccccc2)NC(=O)N(NC(=O)c2csc(-c3ccc(OC)c(OC)c3)n2)C1=O. The third-order valence-electron chi connectivity index (χ3n) is 5.47. The predicted molar refractivity (Wildman–Crippen MR) is 122 cm³/mol. The zero-order valence-corrected chi connectivity index (χ0v) is 19.1. The lowest BCUT2D eigenvalue weighted by atomic mass is 9.87. The van der Waals surface area contributed by atoms with Crippen molar-refractivity contribution in [1.29, 1.82) is 0 Å². The third-order valence-corrected chi connectivity index (χ3v) is 6.36. The van der Waals surface area contributed by atoms with Gasteiger partial charge in [-0.05, 0) is 30.2 Å². The minimum absolute atomic E-state index is 0.0825. The highest BCUT2D eigenvalue weighted by atomic mass is 32.1. The highest BCUT2D eigenvalue weighted by Gasteiger charge is 2.52. The Balaban J connectivity index is 1.54. The first-order valence-corrected chi connectivity index (χ1v) is 11.0. The summed E-state index contributed by atoms with van der Waals surface area (Å²) in [5, 5.41) is 5.57. The summed E-state index contributed by atoms with van der Waals surface area (Å²) >= 11 is 1.25. The lowest BCUT2D eigenvalue weighted by Crippen LogP contribution is -2.48. The first kappa shape index (κ1) is 22.3. The van der Waals surface area contributed by atoms with E-state index < -0.39 is 23.4 Å². The van der Waals surface area contributed by atoms with Crippen molar-refractivity contribution in [2.45, 2.75) is 18.9 Å². The normalized spacial score (nSPS) is 17.6. The van der Waals surface area contributed by atoms with E-state index in [0.29, 0.717) is 33.5 Å². The molecular formula is C23H22N4O5S. The zero-order chi connectivity index (χ0) is 23.6. The standard InChI is InChI=1S/C23H22N4O5S/c1-4-23(15-8-6-5-7-9-15)21(29)27(22(30)25-23)26-19(28)16-13-33-20(24-16)14-10-11-17(31-2)18(12-14)32-3/h5-13H,4H2,1-3H3,(H,25,30)(H,26,28). The fraction of sp³-hybridized carbons (Fsp3) is 0.217. The predicted octanol–water partition coefficient (Wildman–Crippen LogP) is 3.33. The Labute approximate surface area is 194 Å². The Morgan fingerprint density at radius 1 is 1.12 bits per heavy atom. The number of benzene rings is 2. The van der Waals surface area contributed by atoms with E-state index in [1.165, 1.54) is 18.4 Å².